The molecule has 0 spiro atoms. The molecule has 0 fully saturated rings. The molecular formula is C10H13NO2S. The fraction of sp³-hybridized carbons (Fsp3) is 0.300. The highest BCUT2D eigenvalue weighted by Crippen LogP contribution is 2.19. The van der Waals surface area contributed by atoms with Crippen LogP contribution in [0, 0.1) is 0 Å². The highest BCUT2D eigenvalue weighted by molar-refractivity contribution is 7.97. The van der Waals surface area contributed by atoms with Crippen molar-refractivity contribution in [2.45, 2.75) is 5.75 Å². The number of esters is 1. The molecule has 0 amide bonds. The van der Waals surface area contributed by atoms with Crippen LogP contribution in [0.3, 0.4) is 0 Å². The van der Waals surface area contributed by atoms with Crippen molar-refractivity contribution in [3.05, 3.63) is 29.3 Å². The largest absolute Gasteiger partial charge is 0.465 e. The van der Waals surface area contributed by atoms with Gasteiger partial charge in [-0.1, -0.05) is 0 Å². The van der Waals surface area contributed by atoms with E-state index in [-0.39, 0.29) is 5.97 Å². The third kappa shape index (κ3) is 2.42. The first kappa shape index (κ1) is 10.9. The van der Waals surface area contributed by atoms with Gasteiger partial charge in [-0.15, -0.1) is 0 Å². The lowest BCUT2D eigenvalue weighted by Gasteiger charge is -2.06. The SMILES string of the molecule is COC(=O)c1ccc(N)c(CSC)c1. The standard InChI is InChI=1S/C10H13NO2S/c1-13-10(12)7-3-4-9(11)8(5-7)6-14-2/h3-5H,6,11H2,1-2H3. The van der Waals surface area contributed by atoms with Crippen molar-refractivity contribution in [1.29, 1.82) is 0 Å². The number of rotatable bonds is 3. The van der Waals surface area contributed by atoms with Gasteiger partial charge in [-0.05, 0) is 30.0 Å². The molecule has 0 saturated carbocycles. The molecule has 1 aromatic carbocycles. The summed E-state index contributed by atoms with van der Waals surface area (Å²) in [6.07, 6.45) is 1.99. The maximum atomic E-state index is 11.2. The Balaban J connectivity index is 2.99. The monoisotopic (exact) mass is 211 g/mol. The van der Waals surface area contributed by atoms with Gasteiger partial charge < -0.3 is 10.5 Å². The number of thioether (sulfide) groups is 1. The van der Waals surface area contributed by atoms with Crippen LogP contribution >= 0.6 is 11.8 Å². The van der Waals surface area contributed by atoms with Gasteiger partial charge in [0.1, 0.15) is 0 Å². The lowest BCUT2D eigenvalue weighted by Crippen LogP contribution is -2.03. The molecule has 2 N–H and O–H groups in total. The molecule has 1 rings (SSSR count). The molecule has 0 bridgehead atoms. The fourth-order valence-electron chi connectivity index (χ4n) is 1.13. The molecular weight excluding hydrogens is 198 g/mol. The van der Waals surface area contributed by atoms with Crippen LogP contribution in [0.2, 0.25) is 0 Å². The second kappa shape index (κ2) is 4.91. The lowest BCUT2D eigenvalue weighted by molar-refractivity contribution is 0.0600. The summed E-state index contributed by atoms with van der Waals surface area (Å²) in [5.41, 5.74) is 7.99. The zero-order chi connectivity index (χ0) is 10.6. The van der Waals surface area contributed by atoms with Gasteiger partial charge in [0, 0.05) is 11.4 Å². The maximum absolute atomic E-state index is 11.2. The number of nitrogen functional groups attached to an aromatic ring is 1. The van der Waals surface area contributed by atoms with E-state index < -0.39 is 0 Å². The van der Waals surface area contributed by atoms with E-state index in [2.05, 4.69) is 4.74 Å². The first-order chi connectivity index (χ1) is 6.69. The molecule has 0 aromatic heterocycles. The number of methoxy groups -OCH3 is 1. The third-order valence-electron chi connectivity index (χ3n) is 1.86. The van der Waals surface area contributed by atoms with Crippen LogP contribution in [-0.2, 0) is 10.5 Å². The van der Waals surface area contributed by atoms with Crippen LogP contribution in [0.15, 0.2) is 18.2 Å². The number of hydrogen-bond donors (Lipinski definition) is 1. The Morgan fingerprint density at radius 2 is 2.29 bits per heavy atom. The van der Waals surface area contributed by atoms with E-state index in [0.717, 1.165) is 11.3 Å². The lowest BCUT2D eigenvalue weighted by atomic mass is 10.1. The predicted molar refractivity (Wildman–Crippen MR) is 59.4 cm³/mol. The van der Waals surface area contributed by atoms with E-state index in [4.69, 9.17) is 5.73 Å². The zero-order valence-corrected chi connectivity index (χ0v) is 9.06. The number of ether oxygens (including phenoxy) is 1. The topological polar surface area (TPSA) is 52.3 Å². The first-order valence-electron chi connectivity index (χ1n) is 4.14. The predicted octanol–water partition coefficient (Wildman–Crippen LogP) is 1.92. The summed E-state index contributed by atoms with van der Waals surface area (Å²) in [5, 5.41) is 0. The van der Waals surface area contributed by atoms with Crippen LogP contribution in [0.25, 0.3) is 0 Å². The van der Waals surface area contributed by atoms with Crippen molar-refractivity contribution in [3.63, 3.8) is 0 Å². The number of nitrogens with two attached hydrogens (primary N) is 1. The van der Waals surface area contributed by atoms with Crippen LogP contribution in [0.5, 0.6) is 0 Å². The van der Waals surface area contributed by atoms with E-state index in [1.807, 2.05) is 6.26 Å². The summed E-state index contributed by atoms with van der Waals surface area (Å²) in [4.78, 5) is 11.2. The molecule has 0 aliphatic rings. The second-order valence-corrected chi connectivity index (χ2v) is 3.70. The average Bonchev–Trinajstić information content (AvgIpc) is 2.20. The van der Waals surface area contributed by atoms with E-state index >= 15 is 0 Å². The Kier molecular flexibility index (Phi) is 3.83. The van der Waals surface area contributed by atoms with E-state index in [9.17, 15) is 4.79 Å². The Bertz CT molecular complexity index is 339. The first-order valence-corrected chi connectivity index (χ1v) is 5.54. The van der Waals surface area contributed by atoms with Gasteiger partial charge in [0.2, 0.25) is 0 Å². The van der Waals surface area contributed by atoms with Gasteiger partial charge in [0.05, 0.1) is 12.7 Å². The molecule has 76 valence electrons. The van der Waals surface area contributed by atoms with Gasteiger partial charge in [-0.25, -0.2) is 4.79 Å². The fourth-order valence-corrected chi connectivity index (χ4v) is 1.69. The highest BCUT2D eigenvalue weighted by Gasteiger charge is 2.07. The smallest absolute Gasteiger partial charge is 0.337 e. The summed E-state index contributed by atoms with van der Waals surface area (Å²) in [7, 11) is 1.37. The van der Waals surface area contributed by atoms with Gasteiger partial charge in [0.15, 0.2) is 0 Å². The number of carbonyl (C=O) groups is 1. The number of carbonyl (C=O) groups excluding carboxylic acids is 1. The van der Waals surface area contributed by atoms with Crippen molar-refractivity contribution in [3.8, 4) is 0 Å². The number of hydrogen-bond acceptors (Lipinski definition) is 4. The van der Waals surface area contributed by atoms with Crippen LogP contribution in [0.1, 0.15) is 15.9 Å². The Hall–Kier alpha value is -1.16. The summed E-state index contributed by atoms with van der Waals surface area (Å²) in [5.74, 6) is 0.476. The number of benzene rings is 1. The van der Waals surface area contributed by atoms with Crippen molar-refractivity contribution in [2.75, 3.05) is 19.1 Å². The third-order valence-corrected chi connectivity index (χ3v) is 2.46. The summed E-state index contributed by atoms with van der Waals surface area (Å²) in [6, 6.07) is 5.18. The van der Waals surface area contributed by atoms with Gasteiger partial charge in [0.25, 0.3) is 0 Å². The minimum absolute atomic E-state index is 0.327. The molecule has 0 aliphatic heterocycles. The summed E-state index contributed by atoms with van der Waals surface area (Å²) in [6.45, 7) is 0. The molecule has 0 aliphatic carbocycles. The molecule has 0 radical (unpaired) electrons. The maximum Gasteiger partial charge on any atom is 0.337 e. The van der Waals surface area contributed by atoms with Crippen molar-refractivity contribution >= 4 is 23.4 Å². The van der Waals surface area contributed by atoms with Crippen LogP contribution < -0.4 is 5.73 Å². The van der Waals surface area contributed by atoms with Gasteiger partial charge in [-0.2, -0.15) is 11.8 Å². The van der Waals surface area contributed by atoms with E-state index in [1.165, 1.54) is 7.11 Å². The molecule has 1 aromatic rings. The Morgan fingerprint density at radius 3 is 2.86 bits per heavy atom. The molecule has 0 heterocycles. The molecule has 0 saturated heterocycles. The minimum atomic E-state index is -0.327. The Labute approximate surface area is 87.6 Å². The van der Waals surface area contributed by atoms with Crippen molar-refractivity contribution < 1.29 is 9.53 Å². The van der Waals surface area contributed by atoms with Crippen LogP contribution in [-0.4, -0.2) is 19.3 Å². The zero-order valence-electron chi connectivity index (χ0n) is 8.24. The van der Waals surface area contributed by atoms with Crippen molar-refractivity contribution in [2.24, 2.45) is 0 Å². The van der Waals surface area contributed by atoms with Gasteiger partial charge >= 0.3 is 5.97 Å². The van der Waals surface area contributed by atoms with Crippen molar-refractivity contribution in [1.82, 2.24) is 0 Å². The second-order valence-electron chi connectivity index (χ2n) is 2.84. The highest BCUT2D eigenvalue weighted by atomic mass is 32.2. The summed E-state index contributed by atoms with van der Waals surface area (Å²) < 4.78 is 4.62. The molecule has 0 atom stereocenters. The van der Waals surface area contributed by atoms with Gasteiger partial charge in [-0.3, -0.25) is 0 Å². The molecule has 14 heavy (non-hydrogen) atoms. The van der Waals surface area contributed by atoms with Crippen LogP contribution in [0.4, 0.5) is 5.69 Å². The quantitative estimate of drug-likeness (QED) is 0.613. The Morgan fingerprint density at radius 1 is 1.57 bits per heavy atom. The number of anilines is 1. The normalized spacial score (nSPS) is 9.86. The summed E-state index contributed by atoms with van der Waals surface area (Å²) >= 11 is 1.66. The molecule has 0 unspecified atom stereocenters. The minimum Gasteiger partial charge on any atom is -0.465 e. The molecule has 4 heteroatoms. The van der Waals surface area contributed by atoms with E-state index in [0.29, 0.717) is 11.3 Å². The molecule has 3 nitrogen and oxygen atoms in total. The average molecular weight is 211 g/mol. The van der Waals surface area contributed by atoms with E-state index in [1.54, 1.807) is 30.0 Å².